The molecule has 0 radical (unpaired) electrons. The summed E-state index contributed by atoms with van der Waals surface area (Å²) >= 11 is 0. The van der Waals surface area contributed by atoms with Crippen LogP contribution in [0.3, 0.4) is 0 Å². The highest BCUT2D eigenvalue weighted by Crippen LogP contribution is 2.40. The zero-order valence-corrected chi connectivity index (χ0v) is 18.8. The Morgan fingerprint density at radius 1 is 0.393 bits per heavy atom. The smallest absolute Gasteiger partial charge is 0.00670 e. The van der Waals surface area contributed by atoms with Gasteiger partial charge in [-0.25, -0.2) is 0 Å². The molecule has 4 aromatic rings. The van der Waals surface area contributed by atoms with E-state index in [9.17, 15) is 0 Å². The van der Waals surface area contributed by atoms with E-state index in [2.05, 4.69) is 88.4 Å². The van der Waals surface area contributed by atoms with Crippen LogP contribution in [0.2, 0.25) is 0 Å². The quantitative estimate of drug-likeness (QED) is 0.313. The first-order valence-corrected chi connectivity index (χ1v) is 10.6. The van der Waals surface area contributed by atoms with Gasteiger partial charge in [-0.15, -0.1) is 0 Å². The first-order chi connectivity index (χ1) is 13.6. The van der Waals surface area contributed by atoms with Gasteiger partial charge in [0.15, 0.2) is 0 Å². The van der Waals surface area contributed by atoms with Crippen LogP contribution < -0.4 is 0 Å². The molecule has 0 fully saturated rings. The summed E-state index contributed by atoms with van der Waals surface area (Å²) in [5, 5.41) is 5.41. The number of rotatable bonds is 1. The predicted octanol–water partition coefficient (Wildman–Crippen LogP) is 8.95. The van der Waals surface area contributed by atoms with Crippen molar-refractivity contribution >= 4 is 21.5 Å². The molecule has 0 heteroatoms. The summed E-state index contributed by atoms with van der Waals surface area (Å²) in [6.45, 7) is 16.9. The third-order valence-electron chi connectivity index (χ3n) is 5.15. The van der Waals surface area contributed by atoms with E-state index >= 15 is 0 Å². The van der Waals surface area contributed by atoms with E-state index < -0.39 is 0 Å². The van der Waals surface area contributed by atoms with E-state index in [0.717, 1.165) is 0 Å². The SMILES string of the molecule is CC.CC.Cc1cc(C)c2ccccc2c1-c1c(C)cc(C)c2ccccc12. The minimum atomic E-state index is 1.35. The molecule has 28 heavy (non-hydrogen) atoms. The number of fused-ring (bicyclic) bond motifs is 2. The minimum absolute atomic E-state index is 1.35. The standard InChI is InChI=1S/C24H22.2C2H6/c1-15-13-17(3)23(21-11-7-5-9-19(15)21)24-18(4)14-16(2)20-10-6-8-12-22(20)24;2*1-2/h5-14H,1-4H3;2*1-2H3. The van der Waals surface area contributed by atoms with Crippen LogP contribution in [0, 0.1) is 27.7 Å². The first-order valence-electron chi connectivity index (χ1n) is 10.6. The maximum Gasteiger partial charge on any atom is -0.00670 e. The van der Waals surface area contributed by atoms with Crippen molar-refractivity contribution in [2.24, 2.45) is 0 Å². The summed E-state index contributed by atoms with van der Waals surface area (Å²) in [7, 11) is 0. The Kier molecular flexibility index (Phi) is 7.40. The molecular formula is C28H34. The Bertz CT molecular complexity index is 995. The van der Waals surface area contributed by atoms with Crippen molar-refractivity contribution in [3.8, 4) is 11.1 Å². The molecule has 146 valence electrons. The van der Waals surface area contributed by atoms with Crippen molar-refractivity contribution < 1.29 is 0 Å². The molecule has 0 spiro atoms. The molecule has 0 bridgehead atoms. The Morgan fingerprint density at radius 2 is 0.679 bits per heavy atom. The highest BCUT2D eigenvalue weighted by molar-refractivity contribution is 6.09. The molecule has 0 aliphatic heterocycles. The van der Waals surface area contributed by atoms with Gasteiger partial charge in [0, 0.05) is 0 Å². The fourth-order valence-corrected chi connectivity index (χ4v) is 4.13. The number of aryl methyl sites for hydroxylation is 4. The van der Waals surface area contributed by atoms with E-state index in [4.69, 9.17) is 0 Å². The highest BCUT2D eigenvalue weighted by Gasteiger charge is 2.15. The second-order valence-electron chi connectivity index (χ2n) is 6.86. The topological polar surface area (TPSA) is 0 Å². The molecule has 0 atom stereocenters. The lowest BCUT2D eigenvalue weighted by Crippen LogP contribution is -1.94. The molecule has 0 N–H and O–H groups in total. The average molecular weight is 371 g/mol. The van der Waals surface area contributed by atoms with Crippen LogP contribution in [-0.2, 0) is 0 Å². The van der Waals surface area contributed by atoms with Crippen molar-refractivity contribution in [1.82, 2.24) is 0 Å². The van der Waals surface area contributed by atoms with Gasteiger partial charge in [0.2, 0.25) is 0 Å². The number of hydrogen-bond acceptors (Lipinski definition) is 0. The van der Waals surface area contributed by atoms with Gasteiger partial charge in [0.25, 0.3) is 0 Å². The van der Waals surface area contributed by atoms with Crippen LogP contribution in [0.15, 0.2) is 60.7 Å². The lowest BCUT2D eigenvalue weighted by Gasteiger charge is -2.18. The van der Waals surface area contributed by atoms with Gasteiger partial charge in [-0.05, 0) is 82.6 Å². The van der Waals surface area contributed by atoms with Crippen LogP contribution in [0.5, 0.6) is 0 Å². The summed E-state index contributed by atoms with van der Waals surface area (Å²) in [5.41, 5.74) is 8.16. The lowest BCUT2D eigenvalue weighted by molar-refractivity contribution is 1.39. The van der Waals surface area contributed by atoms with E-state index in [1.54, 1.807) is 0 Å². The van der Waals surface area contributed by atoms with Gasteiger partial charge in [0.05, 0.1) is 0 Å². The molecular weight excluding hydrogens is 336 g/mol. The molecule has 0 nitrogen and oxygen atoms in total. The van der Waals surface area contributed by atoms with Crippen molar-refractivity contribution in [3.05, 3.63) is 82.9 Å². The largest absolute Gasteiger partial charge is 0.0683 e. The molecule has 4 rings (SSSR count). The third-order valence-corrected chi connectivity index (χ3v) is 5.15. The van der Waals surface area contributed by atoms with E-state index in [1.165, 1.54) is 54.9 Å². The number of benzene rings is 4. The molecule has 0 saturated heterocycles. The fraction of sp³-hybridized carbons (Fsp3) is 0.286. The zero-order valence-electron chi connectivity index (χ0n) is 18.8. The summed E-state index contributed by atoms with van der Waals surface area (Å²) in [5.74, 6) is 0. The summed E-state index contributed by atoms with van der Waals surface area (Å²) in [4.78, 5) is 0. The van der Waals surface area contributed by atoms with Crippen LogP contribution in [0.25, 0.3) is 32.7 Å². The van der Waals surface area contributed by atoms with Gasteiger partial charge in [-0.2, -0.15) is 0 Å². The maximum absolute atomic E-state index is 2.33. The Hall–Kier alpha value is -2.60. The van der Waals surface area contributed by atoms with E-state index in [1.807, 2.05) is 27.7 Å². The van der Waals surface area contributed by atoms with E-state index in [0.29, 0.717) is 0 Å². The predicted molar refractivity (Wildman–Crippen MR) is 129 cm³/mol. The lowest BCUT2D eigenvalue weighted by atomic mass is 9.85. The maximum atomic E-state index is 2.33. The Morgan fingerprint density at radius 3 is 1.00 bits per heavy atom. The second kappa shape index (κ2) is 9.55. The second-order valence-corrected chi connectivity index (χ2v) is 6.86. The average Bonchev–Trinajstić information content (AvgIpc) is 2.73. The van der Waals surface area contributed by atoms with Crippen molar-refractivity contribution in [3.63, 3.8) is 0 Å². The third kappa shape index (κ3) is 3.83. The normalized spacial score (nSPS) is 10.1. The fourth-order valence-electron chi connectivity index (χ4n) is 4.13. The van der Waals surface area contributed by atoms with Gasteiger partial charge in [0.1, 0.15) is 0 Å². The molecule has 0 amide bonds. The molecule has 0 unspecified atom stereocenters. The Balaban J connectivity index is 0.000000660. The molecule has 0 saturated carbocycles. The van der Waals surface area contributed by atoms with Crippen LogP contribution in [0.1, 0.15) is 49.9 Å². The zero-order chi connectivity index (χ0) is 20.8. The van der Waals surface area contributed by atoms with Crippen molar-refractivity contribution in [2.45, 2.75) is 55.4 Å². The first kappa shape index (κ1) is 21.7. The van der Waals surface area contributed by atoms with Gasteiger partial charge in [-0.3, -0.25) is 0 Å². The van der Waals surface area contributed by atoms with Crippen LogP contribution >= 0.6 is 0 Å². The minimum Gasteiger partial charge on any atom is -0.0683 e. The van der Waals surface area contributed by atoms with Crippen molar-refractivity contribution in [2.75, 3.05) is 0 Å². The molecule has 0 aromatic heterocycles. The molecule has 0 aliphatic rings. The monoisotopic (exact) mass is 370 g/mol. The highest BCUT2D eigenvalue weighted by atomic mass is 14.2. The molecule has 0 heterocycles. The van der Waals surface area contributed by atoms with E-state index in [-0.39, 0.29) is 0 Å². The van der Waals surface area contributed by atoms with Crippen molar-refractivity contribution in [1.29, 1.82) is 0 Å². The Labute approximate surface area is 171 Å². The molecule has 0 aliphatic carbocycles. The van der Waals surface area contributed by atoms with Gasteiger partial charge < -0.3 is 0 Å². The van der Waals surface area contributed by atoms with Gasteiger partial charge in [-0.1, -0.05) is 88.4 Å². The summed E-state index contributed by atoms with van der Waals surface area (Å²) < 4.78 is 0. The molecule has 4 aromatic carbocycles. The summed E-state index contributed by atoms with van der Waals surface area (Å²) in [6.07, 6.45) is 0. The van der Waals surface area contributed by atoms with Crippen LogP contribution in [-0.4, -0.2) is 0 Å². The summed E-state index contributed by atoms with van der Waals surface area (Å²) in [6, 6.07) is 22.2. The number of hydrogen-bond donors (Lipinski definition) is 0. The van der Waals surface area contributed by atoms with Crippen LogP contribution in [0.4, 0.5) is 0 Å². The van der Waals surface area contributed by atoms with Gasteiger partial charge >= 0.3 is 0 Å².